The molecule has 0 heterocycles. The first kappa shape index (κ1) is 23.2. The maximum Gasteiger partial charge on any atom is 0.310 e. The Morgan fingerprint density at radius 3 is 2.52 bits per heavy atom. The van der Waals surface area contributed by atoms with Crippen LogP contribution in [0.2, 0.25) is 0 Å². The van der Waals surface area contributed by atoms with Crippen LogP contribution >= 0.6 is 15.9 Å². The first-order valence-electron chi connectivity index (χ1n) is 10.6. The van der Waals surface area contributed by atoms with Gasteiger partial charge in [0.2, 0.25) is 0 Å². The zero-order valence-corrected chi connectivity index (χ0v) is 19.8. The SMILES string of the molecule is CC1(C)C(/C=C(\Br)c2ccccc2)C1C(=O)OCc1ccc(F)c(Oc2cccc(F)c2)c1. The van der Waals surface area contributed by atoms with Gasteiger partial charge in [-0.25, -0.2) is 8.78 Å². The summed E-state index contributed by atoms with van der Waals surface area (Å²) in [6.45, 7) is 4.06. The molecule has 1 aliphatic rings. The lowest BCUT2D eigenvalue weighted by Gasteiger charge is -2.10. The van der Waals surface area contributed by atoms with Gasteiger partial charge in [0.25, 0.3) is 0 Å². The zero-order chi connectivity index (χ0) is 23.6. The minimum Gasteiger partial charge on any atom is -0.461 e. The Balaban J connectivity index is 1.40. The number of halogens is 3. The van der Waals surface area contributed by atoms with E-state index in [9.17, 15) is 13.6 Å². The van der Waals surface area contributed by atoms with Crippen molar-refractivity contribution in [3.8, 4) is 11.5 Å². The van der Waals surface area contributed by atoms with Gasteiger partial charge in [0.05, 0.1) is 5.92 Å². The molecule has 3 aromatic carbocycles. The molecule has 0 N–H and O–H groups in total. The van der Waals surface area contributed by atoms with E-state index in [0.717, 1.165) is 10.0 Å². The third-order valence-electron chi connectivity index (χ3n) is 5.94. The van der Waals surface area contributed by atoms with E-state index in [-0.39, 0.29) is 41.3 Å². The third kappa shape index (κ3) is 5.33. The maximum absolute atomic E-state index is 14.2. The average molecular weight is 513 g/mol. The van der Waals surface area contributed by atoms with Gasteiger partial charge in [-0.2, -0.15) is 0 Å². The van der Waals surface area contributed by atoms with E-state index in [1.807, 2.05) is 44.2 Å². The molecule has 0 spiro atoms. The van der Waals surface area contributed by atoms with Crippen LogP contribution in [0.3, 0.4) is 0 Å². The van der Waals surface area contributed by atoms with E-state index in [1.165, 1.54) is 42.5 Å². The van der Waals surface area contributed by atoms with Gasteiger partial charge in [-0.15, -0.1) is 0 Å². The fraction of sp³-hybridized carbons (Fsp3) is 0.222. The average Bonchev–Trinajstić information content (AvgIpc) is 3.34. The van der Waals surface area contributed by atoms with E-state index in [2.05, 4.69) is 22.0 Å². The van der Waals surface area contributed by atoms with Crippen molar-refractivity contribution in [2.24, 2.45) is 17.3 Å². The first-order chi connectivity index (χ1) is 15.8. The summed E-state index contributed by atoms with van der Waals surface area (Å²) in [5.41, 5.74) is 1.40. The van der Waals surface area contributed by atoms with Gasteiger partial charge in [0, 0.05) is 10.5 Å². The molecule has 1 saturated carbocycles. The highest BCUT2D eigenvalue weighted by molar-refractivity contribution is 9.15. The quantitative estimate of drug-likeness (QED) is 0.307. The fourth-order valence-electron chi connectivity index (χ4n) is 3.91. The van der Waals surface area contributed by atoms with Crippen LogP contribution in [-0.4, -0.2) is 5.97 Å². The lowest BCUT2D eigenvalue weighted by atomic mass is 10.1. The number of allylic oxidation sites excluding steroid dienone is 1. The predicted molar refractivity (Wildman–Crippen MR) is 127 cm³/mol. The maximum atomic E-state index is 14.2. The van der Waals surface area contributed by atoms with Gasteiger partial charge in [0.1, 0.15) is 18.2 Å². The van der Waals surface area contributed by atoms with Crippen LogP contribution in [0, 0.1) is 28.9 Å². The number of rotatable bonds is 7. The van der Waals surface area contributed by atoms with Crippen molar-refractivity contribution < 1.29 is 23.0 Å². The number of benzene rings is 3. The molecular weight excluding hydrogens is 490 g/mol. The van der Waals surface area contributed by atoms with Crippen LogP contribution in [0.25, 0.3) is 4.48 Å². The van der Waals surface area contributed by atoms with Gasteiger partial charge in [0.15, 0.2) is 11.6 Å². The van der Waals surface area contributed by atoms with Gasteiger partial charge in [-0.1, -0.05) is 78.3 Å². The predicted octanol–water partition coefficient (Wildman–Crippen LogP) is 7.51. The minimum absolute atomic E-state index is 0.0124. The van der Waals surface area contributed by atoms with Gasteiger partial charge >= 0.3 is 5.97 Å². The number of hydrogen-bond donors (Lipinski definition) is 0. The fourth-order valence-corrected chi connectivity index (χ4v) is 4.46. The molecule has 0 radical (unpaired) electrons. The van der Waals surface area contributed by atoms with E-state index >= 15 is 0 Å². The van der Waals surface area contributed by atoms with Crippen molar-refractivity contribution in [3.63, 3.8) is 0 Å². The molecule has 0 aromatic heterocycles. The van der Waals surface area contributed by atoms with Gasteiger partial charge in [-0.3, -0.25) is 4.79 Å². The monoisotopic (exact) mass is 512 g/mol. The molecule has 0 amide bonds. The van der Waals surface area contributed by atoms with E-state index in [4.69, 9.17) is 9.47 Å². The Kier molecular flexibility index (Phi) is 6.66. The summed E-state index contributed by atoms with van der Waals surface area (Å²) < 4.78 is 39.5. The normalized spacial score (nSPS) is 19.1. The number of esters is 1. The Morgan fingerprint density at radius 1 is 1.03 bits per heavy atom. The molecule has 3 aromatic rings. The molecule has 2 atom stereocenters. The van der Waals surface area contributed by atoms with E-state index < -0.39 is 11.6 Å². The number of carbonyl (C=O) groups excluding carboxylic acids is 1. The summed E-state index contributed by atoms with van der Waals surface area (Å²) in [4.78, 5) is 12.8. The van der Waals surface area contributed by atoms with E-state index in [0.29, 0.717) is 5.56 Å². The minimum atomic E-state index is -0.589. The van der Waals surface area contributed by atoms with Crippen molar-refractivity contribution in [2.45, 2.75) is 20.5 Å². The van der Waals surface area contributed by atoms with Crippen molar-refractivity contribution >= 4 is 26.4 Å². The summed E-state index contributed by atoms with van der Waals surface area (Å²) in [6.07, 6.45) is 2.06. The Hall–Kier alpha value is -2.99. The van der Waals surface area contributed by atoms with Crippen molar-refractivity contribution in [3.05, 3.63) is 102 Å². The largest absolute Gasteiger partial charge is 0.461 e. The summed E-state index contributed by atoms with van der Waals surface area (Å²) >= 11 is 3.61. The summed E-state index contributed by atoms with van der Waals surface area (Å²) in [7, 11) is 0. The molecule has 33 heavy (non-hydrogen) atoms. The molecule has 1 fully saturated rings. The Morgan fingerprint density at radius 2 is 1.79 bits per heavy atom. The smallest absolute Gasteiger partial charge is 0.310 e. The highest BCUT2D eigenvalue weighted by Gasteiger charge is 2.61. The second kappa shape index (κ2) is 9.48. The number of hydrogen-bond acceptors (Lipinski definition) is 3. The van der Waals surface area contributed by atoms with Gasteiger partial charge < -0.3 is 9.47 Å². The summed E-state index contributed by atoms with van der Waals surface area (Å²) in [5, 5.41) is 0. The van der Waals surface area contributed by atoms with Crippen molar-refractivity contribution in [1.29, 1.82) is 0 Å². The lowest BCUT2D eigenvalue weighted by Crippen LogP contribution is -2.10. The molecule has 4 rings (SSSR count). The summed E-state index contributed by atoms with van der Waals surface area (Å²) in [6, 6.07) is 19.6. The van der Waals surface area contributed by atoms with Crippen LogP contribution in [0.1, 0.15) is 25.0 Å². The second-order valence-electron chi connectivity index (χ2n) is 8.64. The van der Waals surface area contributed by atoms with Crippen LogP contribution in [0.15, 0.2) is 78.9 Å². The molecule has 1 aliphatic carbocycles. The zero-order valence-electron chi connectivity index (χ0n) is 18.2. The van der Waals surface area contributed by atoms with Crippen LogP contribution in [0.5, 0.6) is 11.5 Å². The molecule has 0 aliphatic heterocycles. The van der Waals surface area contributed by atoms with Crippen LogP contribution in [0.4, 0.5) is 8.78 Å². The van der Waals surface area contributed by atoms with Crippen LogP contribution in [-0.2, 0) is 16.1 Å². The van der Waals surface area contributed by atoms with Crippen LogP contribution < -0.4 is 4.74 Å². The highest BCUT2D eigenvalue weighted by Crippen LogP contribution is 2.60. The molecule has 2 unspecified atom stereocenters. The van der Waals surface area contributed by atoms with Crippen molar-refractivity contribution in [2.75, 3.05) is 0 Å². The van der Waals surface area contributed by atoms with Crippen molar-refractivity contribution in [1.82, 2.24) is 0 Å². The molecule has 6 heteroatoms. The molecule has 170 valence electrons. The molecular formula is C27H23BrF2O3. The van der Waals surface area contributed by atoms with E-state index in [1.54, 1.807) is 0 Å². The topological polar surface area (TPSA) is 35.5 Å². The Bertz CT molecular complexity index is 1190. The van der Waals surface area contributed by atoms with Gasteiger partial charge in [-0.05, 0) is 46.7 Å². The molecule has 0 bridgehead atoms. The lowest BCUT2D eigenvalue weighted by molar-refractivity contribution is -0.147. The second-order valence-corrected chi connectivity index (χ2v) is 9.49. The standard InChI is InChI=1S/C27H23BrF2O3/c1-27(2)21(15-22(28)18-7-4-3-5-8-18)25(27)26(31)32-16-17-11-12-23(30)24(13-17)33-20-10-6-9-19(29)14-20/h3-15,21,25H,16H2,1-2H3/b22-15-. The Labute approximate surface area is 200 Å². The number of carbonyl (C=O) groups is 1. The third-order valence-corrected chi connectivity index (χ3v) is 6.66. The molecule has 3 nitrogen and oxygen atoms in total. The molecule has 0 saturated heterocycles. The first-order valence-corrected chi connectivity index (χ1v) is 11.4. The highest BCUT2D eigenvalue weighted by atomic mass is 79.9. The number of ether oxygens (including phenoxy) is 2. The summed E-state index contributed by atoms with van der Waals surface area (Å²) in [5.74, 6) is -1.47.